The van der Waals surface area contributed by atoms with Crippen molar-refractivity contribution in [1.29, 1.82) is 0 Å². The van der Waals surface area contributed by atoms with E-state index in [9.17, 15) is 14.4 Å². The summed E-state index contributed by atoms with van der Waals surface area (Å²) in [6.45, 7) is 6.36. The third kappa shape index (κ3) is 47.2. The number of carbonyl (C=O) groups is 3. The maximum atomic E-state index is 12.8. The van der Waals surface area contributed by atoms with Crippen molar-refractivity contribution in [2.24, 2.45) is 0 Å². The zero-order chi connectivity index (χ0) is 44.4. The number of unbranched alkanes of at least 4 members (excludes halogenated alkanes) is 22. The smallest absolute Gasteiger partial charge is 0.306 e. The van der Waals surface area contributed by atoms with Crippen LogP contribution in [0.25, 0.3) is 0 Å². The molecule has 0 spiro atoms. The van der Waals surface area contributed by atoms with Crippen LogP contribution >= 0.6 is 0 Å². The number of carbonyl (C=O) groups excluding carboxylic acids is 3. The summed E-state index contributed by atoms with van der Waals surface area (Å²) in [5.41, 5.74) is 0. The Labute approximate surface area is 375 Å². The molecule has 0 heterocycles. The first kappa shape index (κ1) is 57.3. The van der Waals surface area contributed by atoms with Gasteiger partial charge in [-0.2, -0.15) is 0 Å². The summed E-state index contributed by atoms with van der Waals surface area (Å²) in [5, 5.41) is 0. The molecule has 0 aliphatic carbocycles. The molecule has 0 aromatic carbocycles. The molecule has 1 atom stereocenters. The van der Waals surface area contributed by atoms with Gasteiger partial charge in [-0.05, 0) is 57.8 Å². The summed E-state index contributed by atoms with van der Waals surface area (Å²) >= 11 is 0. The van der Waals surface area contributed by atoms with Gasteiger partial charge in [-0.3, -0.25) is 14.4 Å². The Bertz CT molecular complexity index is 1250. The number of esters is 3. The highest BCUT2D eigenvalue weighted by Gasteiger charge is 2.19. The summed E-state index contributed by atoms with van der Waals surface area (Å²) in [4.78, 5) is 37.9. The van der Waals surface area contributed by atoms with E-state index < -0.39 is 6.10 Å². The van der Waals surface area contributed by atoms with Crippen molar-refractivity contribution in [1.82, 2.24) is 0 Å². The molecule has 0 radical (unpaired) electrons. The predicted molar refractivity (Wildman–Crippen MR) is 260 cm³/mol. The lowest BCUT2D eigenvalue weighted by Gasteiger charge is -2.18. The van der Waals surface area contributed by atoms with Gasteiger partial charge >= 0.3 is 17.9 Å². The monoisotopic (exact) mass is 847 g/mol. The maximum Gasteiger partial charge on any atom is 0.306 e. The maximum absolute atomic E-state index is 12.8. The van der Waals surface area contributed by atoms with Crippen LogP contribution in [0.1, 0.15) is 213 Å². The third-order valence-electron chi connectivity index (χ3n) is 10.2. The minimum Gasteiger partial charge on any atom is -0.462 e. The van der Waals surface area contributed by atoms with Gasteiger partial charge in [-0.25, -0.2) is 0 Å². The second-order valence-electron chi connectivity index (χ2n) is 16.2. The standard InChI is InChI=1S/C55H90O6/c1-4-7-10-13-16-19-22-25-26-27-28-29-31-33-36-39-42-45-48-54(57)60-51-52(50-59-53(56)47-44-41-38-35-32-24-21-18-15-12-9-6-3)61-55(58)49-46-43-40-37-34-30-23-20-17-14-11-8-5-2/h8,10-11,13-14,16-17,19-20,22-23,25-29,52H,4-7,9,12,15,18,21,24,30-51H2,1-3H3/b11-8-,13-10-,17-14-,19-16-,23-20-,25-22-,27-26-,29-28-. The van der Waals surface area contributed by atoms with E-state index in [1.54, 1.807) is 0 Å². The Morgan fingerprint density at radius 1 is 0.344 bits per heavy atom. The zero-order valence-corrected chi connectivity index (χ0v) is 39.4. The predicted octanol–water partition coefficient (Wildman–Crippen LogP) is 16.2. The average molecular weight is 847 g/mol. The summed E-state index contributed by atoms with van der Waals surface area (Å²) in [6, 6.07) is 0. The fourth-order valence-electron chi connectivity index (χ4n) is 6.53. The molecular weight excluding hydrogens is 757 g/mol. The van der Waals surface area contributed by atoms with E-state index in [1.165, 1.54) is 64.2 Å². The molecule has 0 rings (SSSR count). The van der Waals surface area contributed by atoms with Gasteiger partial charge in [0.25, 0.3) is 0 Å². The summed E-state index contributed by atoms with van der Waals surface area (Å²) in [6.07, 6.45) is 63.8. The number of hydrogen-bond acceptors (Lipinski definition) is 6. The normalized spacial score (nSPS) is 12.9. The molecule has 0 aromatic rings. The first-order chi connectivity index (χ1) is 30.0. The van der Waals surface area contributed by atoms with E-state index in [0.717, 1.165) is 109 Å². The second-order valence-corrected chi connectivity index (χ2v) is 16.2. The first-order valence-corrected chi connectivity index (χ1v) is 24.8. The van der Waals surface area contributed by atoms with E-state index >= 15 is 0 Å². The first-order valence-electron chi connectivity index (χ1n) is 24.8. The van der Waals surface area contributed by atoms with Crippen molar-refractivity contribution in [2.45, 2.75) is 219 Å². The highest BCUT2D eigenvalue weighted by atomic mass is 16.6. The molecule has 0 saturated carbocycles. The summed E-state index contributed by atoms with van der Waals surface area (Å²) < 4.78 is 16.7. The van der Waals surface area contributed by atoms with E-state index in [2.05, 4.69) is 87.6 Å². The second kappa shape index (κ2) is 49.0. The molecule has 61 heavy (non-hydrogen) atoms. The molecule has 0 aliphatic rings. The van der Waals surface area contributed by atoms with Crippen LogP contribution in [0.4, 0.5) is 0 Å². The molecule has 346 valence electrons. The molecule has 6 heteroatoms. The lowest BCUT2D eigenvalue weighted by atomic mass is 10.0. The van der Waals surface area contributed by atoms with E-state index in [4.69, 9.17) is 14.2 Å². The highest BCUT2D eigenvalue weighted by molar-refractivity contribution is 5.71. The van der Waals surface area contributed by atoms with Gasteiger partial charge in [0.1, 0.15) is 13.2 Å². The molecule has 0 N–H and O–H groups in total. The fraction of sp³-hybridized carbons (Fsp3) is 0.655. The van der Waals surface area contributed by atoms with Crippen LogP contribution in [-0.2, 0) is 28.6 Å². The Morgan fingerprint density at radius 2 is 0.672 bits per heavy atom. The van der Waals surface area contributed by atoms with Crippen molar-refractivity contribution >= 4 is 17.9 Å². The molecule has 0 fully saturated rings. The molecule has 0 bridgehead atoms. The van der Waals surface area contributed by atoms with Crippen molar-refractivity contribution < 1.29 is 28.6 Å². The lowest BCUT2D eigenvalue weighted by molar-refractivity contribution is -0.167. The Kier molecular flexibility index (Phi) is 46.0. The quantitative estimate of drug-likeness (QED) is 0.0263. The average Bonchev–Trinajstić information content (AvgIpc) is 3.26. The number of rotatable bonds is 43. The van der Waals surface area contributed by atoms with Gasteiger partial charge in [0.2, 0.25) is 0 Å². The summed E-state index contributed by atoms with van der Waals surface area (Å²) in [5.74, 6) is -0.945. The molecule has 1 unspecified atom stereocenters. The third-order valence-corrected chi connectivity index (χ3v) is 10.2. The number of ether oxygens (including phenoxy) is 3. The Morgan fingerprint density at radius 3 is 1.07 bits per heavy atom. The van der Waals surface area contributed by atoms with E-state index in [0.29, 0.717) is 19.3 Å². The van der Waals surface area contributed by atoms with Crippen molar-refractivity contribution in [2.75, 3.05) is 13.2 Å². The molecule has 0 aromatic heterocycles. The molecule has 0 aliphatic heterocycles. The number of hydrogen-bond donors (Lipinski definition) is 0. The van der Waals surface area contributed by atoms with Crippen LogP contribution in [0.15, 0.2) is 97.2 Å². The van der Waals surface area contributed by atoms with Gasteiger partial charge in [0.15, 0.2) is 6.10 Å². The largest absolute Gasteiger partial charge is 0.462 e. The number of allylic oxidation sites excluding steroid dienone is 16. The van der Waals surface area contributed by atoms with Crippen LogP contribution < -0.4 is 0 Å². The Hall–Kier alpha value is -3.67. The van der Waals surface area contributed by atoms with Crippen molar-refractivity contribution in [3.63, 3.8) is 0 Å². The highest BCUT2D eigenvalue weighted by Crippen LogP contribution is 2.14. The molecule has 6 nitrogen and oxygen atoms in total. The SMILES string of the molecule is CC\C=C/C=C\C=C/CCCCCCCC(=O)OC(COC(=O)CCCCCCC\C=C/C=C\C=C/C=C\C=C/CCC)COC(=O)CCCCCCCCCCCCCC. The zero-order valence-electron chi connectivity index (χ0n) is 39.4. The van der Waals surface area contributed by atoms with Crippen LogP contribution in [0.3, 0.4) is 0 Å². The molecule has 0 amide bonds. The molecule has 0 saturated heterocycles. The topological polar surface area (TPSA) is 78.9 Å². The van der Waals surface area contributed by atoms with Gasteiger partial charge in [0, 0.05) is 19.3 Å². The Balaban J connectivity index is 4.47. The van der Waals surface area contributed by atoms with Crippen LogP contribution in [0, 0.1) is 0 Å². The van der Waals surface area contributed by atoms with E-state index in [-0.39, 0.29) is 31.1 Å². The van der Waals surface area contributed by atoms with Crippen LogP contribution in [-0.4, -0.2) is 37.2 Å². The van der Waals surface area contributed by atoms with Crippen LogP contribution in [0.5, 0.6) is 0 Å². The van der Waals surface area contributed by atoms with E-state index in [1.807, 2.05) is 30.4 Å². The van der Waals surface area contributed by atoms with Gasteiger partial charge in [0.05, 0.1) is 0 Å². The van der Waals surface area contributed by atoms with Crippen molar-refractivity contribution in [3.05, 3.63) is 97.2 Å². The minimum absolute atomic E-state index is 0.0942. The van der Waals surface area contributed by atoms with Gasteiger partial charge in [-0.1, -0.05) is 234 Å². The summed E-state index contributed by atoms with van der Waals surface area (Å²) in [7, 11) is 0. The van der Waals surface area contributed by atoms with Crippen LogP contribution in [0.2, 0.25) is 0 Å². The van der Waals surface area contributed by atoms with Crippen molar-refractivity contribution in [3.8, 4) is 0 Å². The van der Waals surface area contributed by atoms with Gasteiger partial charge < -0.3 is 14.2 Å². The van der Waals surface area contributed by atoms with Gasteiger partial charge in [-0.15, -0.1) is 0 Å². The molecular formula is C55H90O6. The minimum atomic E-state index is -0.797. The lowest BCUT2D eigenvalue weighted by Crippen LogP contribution is -2.30. The fourth-order valence-corrected chi connectivity index (χ4v) is 6.53.